The molecule has 2 heterocycles. The van der Waals surface area contributed by atoms with Crippen molar-refractivity contribution in [1.82, 2.24) is 9.88 Å². The molecule has 1 aromatic heterocycles. The number of halogens is 1. The maximum absolute atomic E-state index is 14.3. The van der Waals surface area contributed by atoms with E-state index >= 15 is 0 Å². The second kappa shape index (κ2) is 10.3. The summed E-state index contributed by atoms with van der Waals surface area (Å²) in [5.74, 6) is 0.455. The van der Waals surface area contributed by atoms with Crippen molar-refractivity contribution < 1.29 is 28.1 Å². The van der Waals surface area contributed by atoms with E-state index in [9.17, 15) is 9.18 Å². The van der Waals surface area contributed by atoms with Crippen LogP contribution in [-0.2, 0) is 4.74 Å². The normalized spacial score (nSPS) is 14.3. The fourth-order valence-corrected chi connectivity index (χ4v) is 4.73. The van der Waals surface area contributed by atoms with E-state index in [2.05, 4.69) is 9.88 Å². The summed E-state index contributed by atoms with van der Waals surface area (Å²) in [6.07, 6.45) is 0. The molecule has 1 saturated heterocycles. The van der Waals surface area contributed by atoms with Crippen molar-refractivity contribution in [2.24, 2.45) is 0 Å². The van der Waals surface area contributed by atoms with Gasteiger partial charge in [-0.15, -0.1) is 0 Å². The minimum Gasteiger partial charge on any atom is -0.493 e. The third-order valence-corrected chi connectivity index (χ3v) is 6.53. The van der Waals surface area contributed by atoms with E-state index < -0.39 is 5.82 Å². The van der Waals surface area contributed by atoms with Crippen LogP contribution >= 0.6 is 11.3 Å². The zero-order valence-electron chi connectivity index (χ0n) is 18.8. The summed E-state index contributed by atoms with van der Waals surface area (Å²) in [5, 5.41) is 0.433. The monoisotopic (exact) mass is 475 g/mol. The molecule has 10 heteroatoms. The van der Waals surface area contributed by atoms with Gasteiger partial charge in [0, 0.05) is 31.7 Å². The fraction of sp³-hybridized carbons (Fsp3) is 0.391. The Morgan fingerprint density at radius 2 is 1.85 bits per heavy atom. The van der Waals surface area contributed by atoms with E-state index in [-0.39, 0.29) is 11.4 Å². The summed E-state index contributed by atoms with van der Waals surface area (Å²) >= 11 is 1.28. The maximum atomic E-state index is 14.3. The van der Waals surface area contributed by atoms with Gasteiger partial charge >= 0.3 is 0 Å². The lowest BCUT2D eigenvalue weighted by molar-refractivity contribution is 0.0391. The molecule has 4 rings (SSSR count). The predicted molar refractivity (Wildman–Crippen MR) is 125 cm³/mol. The van der Waals surface area contributed by atoms with Gasteiger partial charge in [-0.3, -0.25) is 14.6 Å². The minimum absolute atomic E-state index is 0.256. The Morgan fingerprint density at radius 3 is 2.45 bits per heavy atom. The molecule has 1 aliphatic heterocycles. The average Bonchev–Trinajstić information content (AvgIpc) is 3.29. The molecule has 3 aromatic rings. The van der Waals surface area contributed by atoms with Crippen LogP contribution in [0.3, 0.4) is 0 Å². The number of nitrogens with zero attached hydrogens (tertiary/aromatic N) is 3. The molecule has 2 aromatic carbocycles. The van der Waals surface area contributed by atoms with E-state index in [4.69, 9.17) is 18.9 Å². The fourth-order valence-electron chi connectivity index (χ4n) is 3.73. The van der Waals surface area contributed by atoms with Crippen molar-refractivity contribution in [2.75, 3.05) is 65.6 Å². The van der Waals surface area contributed by atoms with E-state index in [0.29, 0.717) is 58.9 Å². The van der Waals surface area contributed by atoms with Crippen LogP contribution in [0.15, 0.2) is 30.3 Å². The summed E-state index contributed by atoms with van der Waals surface area (Å²) in [5.41, 5.74) is 0.609. The van der Waals surface area contributed by atoms with Crippen molar-refractivity contribution in [2.45, 2.75) is 0 Å². The van der Waals surface area contributed by atoms with Gasteiger partial charge in [-0.2, -0.15) is 0 Å². The number of morpholine rings is 1. The summed E-state index contributed by atoms with van der Waals surface area (Å²) in [6.45, 7) is 3.93. The number of thiazole rings is 1. The van der Waals surface area contributed by atoms with Crippen LogP contribution in [0, 0.1) is 5.82 Å². The first-order valence-corrected chi connectivity index (χ1v) is 11.3. The molecule has 0 N–H and O–H groups in total. The van der Waals surface area contributed by atoms with Gasteiger partial charge in [0.25, 0.3) is 5.91 Å². The van der Waals surface area contributed by atoms with Gasteiger partial charge in [-0.05, 0) is 24.3 Å². The first kappa shape index (κ1) is 23.2. The lowest BCUT2D eigenvalue weighted by Gasteiger charge is -2.29. The van der Waals surface area contributed by atoms with E-state index in [0.717, 1.165) is 13.1 Å². The van der Waals surface area contributed by atoms with Gasteiger partial charge in [0.15, 0.2) is 16.6 Å². The molecule has 33 heavy (non-hydrogen) atoms. The minimum atomic E-state index is -0.414. The molecule has 0 aliphatic carbocycles. The number of rotatable bonds is 8. The van der Waals surface area contributed by atoms with Crippen LogP contribution in [0.25, 0.3) is 10.2 Å². The number of benzene rings is 2. The van der Waals surface area contributed by atoms with Crippen LogP contribution in [0.2, 0.25) is 0 Å². The van der Waals surface area contributed by atoms with Crippen LogP contribution in [0.4, 0.5) is 9.52 Å². The molecule has 0 bridgehead atoms. The third kappa shape index (κ3) is 4.87. The molecule has 1 aliphatic rings. The highest BCUT2D eigenvalue weighted by Gasteiger charge is 2.26. The van der Waals surface area contributed by atoms with Gasteiger partial charge in [0.05, 0.1) is 39.2 Å². The number of carbonyl (C=O) groups excluding carboxylic acids is 1. The van der Waals surface area contributed by atoms with E-state index in [1.54, 1.807) is 29.2 Å². The first-order valence-electron chi connectivity index (χ1n) is 10.5. The van der Waals surface area contributed by atoms with Crippen molar-refractivity contribution in [1.29, 1.82) is 0 Å². The number of para-hydroxylation sites is 1. The number of hydrogen-bond donors (Lipinski definition) is 0. The van der Waals surface area contributed by atoms with Crippen molar-refractivity contribution >= 4 is 32.6 Å². The summed E-state index contributed by atoms with van der Waals surface area (Å²) in [6, 6.07) is 8.02. The third-order valence-electron chi connectivity index (χ3n) is 5.49. The molecule has 0 saturated carbocycles. The Bertz CT molecular complexity index is 1110. The lowest BCUT2D eigenvalue weighted by atomic mass is 10.1. The second-order valence-electron chi connectivity index (χ2n) is 7.41. The van der Waals surface area contributed by atoms with Crippen LogP contribution in [-0.4, -0.2) is 76.5 Å². The predicted octanol–water partition coefficient (Wildman–Crippen LogP) is 3.44. The van der Waals surface area contributed by atoms with Crippen molar-refractivity contribution in [3.8, 4) is 17.2 Å². The number of carbonyl (C=O) groups is 1. The quantitative estimate of drug-likeness (QED) is 0.494. The smallest absolute Gasteiger partial charge is 0.260 e. The van der Waals surface area contributed by atoms with Gasteiger partial charge in [-0.1, -0.05) is 17.4 Å². The van der Waals surface area contributed by atoms with E-state index in [1.165, 1.54) is 38.7 Å². The zero-order chi connectivity index (χ0) is 23.4. The lowest BCUT2D eigenvalue weighted by Crippen LogP contribution is -2.43. The molecule has 176 valence electrons. The second-order valence-corrected chi connectivity index (χ2v) is 8.42. The van der Waals surface area contributed by atoms with Crippen molar-refractivity contribution in [3.63, 3.8) is 0 Å². The number of aromatic nitrogens is 1. The Balaban J connectivity index is 1.71. The molecule has 8 nitrogen and oxygen atoms in total. The molecule has 0 atom stereocenters. The number of methoxy groups -OCH3 is 3. The highest BCUT2D eigenvalue weighted by molar-refractivity contribution is 7.22. The van der Waals surface area contributed by atoms with Crippen molar-refractivity contribution in [3.05, 3.63) is 41.7 Å². The van der Waals surface area contributed by atoms with Gasteiger partial charge < -0.3 is 18.9 Å². The molecular weight excluding hydrogens is 449 g/mol. The van der Waals surface area contributed by atoms with E-state index in [1.807, 2.05) is 0 Å². The zero-order valence-corrected chi connectivity index (χ0v) is 19.6. The van der Waals surface area contributed by atoms with Gasteiger partial charge in [-0.25, -0.2) is 9.37 Å². The SMILES string of the molecule is COc1cc(C(=O)N(CCN2CCOCC2)c2nc3c(F)cccc3s2)cc(OC)c1OC. The molecule has 0 radical (unpaired) electrons. The van der Waals surface area contributed by atoms with Crippen LogP contribution < -0.4 is 19.1 Å². The molecule has 0 unspecified atom stereocenters. The molecule has 0 spiro atoms. The largest absolute Gasteiger partial charge is 0.493 e. The highest BCUT2D eigenvalue weighted by atomic mass is 32.1. The standard InChI is InChI=1S/C23H26FN3O5S/c1-29-17-13-15(14-18(30-2)21(17)31-3)22(28)27(8-7-26-9-11-32-12-10-26)23-25-20-16(24)5-4-6-19(20)33-23/h4-6,13-14H,7-12H2,1-3H3. The summed E-state index contributed by atoms with van der Waals surface area (Å²) in [4.78, 5) is 22.0. The molecule has 1 amide bonds. The first-order chi connectivity index (χ1) is 16.0. The summed E-state index contributed by atoms with van der Waals surface area (Å²) in [7, 11) is 4.50. The number of anilines is 1. The number of fused-ring (bicyclic) bond motifs is 1. The molecule has 1 fully saturated rings. The number of amides is 1. The van der Waals surface area contributed by atoms with Crippen LogP contribution in [0.5, 0.6) is 17.2 Å². The Labute approximate surface area is 195 Å². The average molecular weight is 476 g/mol. The number of ether oxygens (including phenoxy) is 4. The maximum Gasteiger partial charge on any atom is 0.260 e. The van der Waals surface area contributed by atoms with Gasteiger partial charge in [0.1, 0.15) is 11.3 Å². The summed E-state index contributed by atoms with van der Waals surface area (Å²) < 4.78 is 36.6. The highest BCUT2D eigenvalue weighted by Crippen LogP contribution is 2.39. The Morgan fingerprint density at radius 1 is 1.15 bits per heavy atom. The topological polar surface area (TPSA) is 73.4 Å². The van der Waals surface area contributed by atoms with Crippen LogP contribution in [0.1, 0.15) is 10.4 Å². The van der Waals surface area contributed by atoms with Gasteiger partial charge in [0.2, 0.25) is 5.75 Å². The Hall–Kier alpha value is -2.95. The Kier molecular flexibility index (Phi) is 7.26. The number of hydrogen-bond acceptors (Lipinski definition) is 8. The molecular formula is C23H26FN3O5S.